The van der Waals surface area contributed by atoms with Crippen LogP contribution in [0.2, 0.25) is 0 Å². The van der Waals surface area contributed by atoms with Gasteiger partial charge in [0.05, 0.1) is 4.92 Å². The van der Waals surface area contributed by atoms with Gasteiger partial charge in [0.2, 0.25) is 0 Å². The van der Waals surface area contributed by atoms with E-state index in [0.717, 1.165) is 30.0 Å². The van der Waals surface area contributed by atoms with Crippen molar-refractivity contribution in [1.82, 2.24) is 9.96 Å². The number of hydrogen-bond donors (Lipinski definition) is 1. The van der Waals surface area contributed by atoms with E-state index in [1.807, 2.05) is 12.1 Å². The van der Waals surface area contributed by atoms with Gasteiger partial charge in [0.15, 0.2) is 11.5 Å². The number of likely N-dealkylation sites (tertiary alicyclic amines) is 1. The van der Waals surface area contributed by atoms with E-state index in [4.69, 9.17) is 9.57 Å². The molecular formula is C27H27N3O6. The molecule has 1 saturated heterocycles. The highest BCUT2D eigenvalue weighted by Gasteiger charge is 2.64. The molecule has 2 bridgehead atoms. The normalized spacial score (nSPS) is 29.5. The van der Waals surface area contributed by atoms with Crippen LogP contribution in [0.5, 0.6) is 11.5 Å². The Morgan fingerprint density at radius 3 is 2.81 bits per heavy atom. The quantitative estimate of drug-likeness (QED) is 0.298. The van der Waals surface area contributed by atoms with Crippen LogP contribution < -0.4 is 9.57 Å². The first kappa shape index (κ1) is 22.8. The number of nitro benzene ring substituents is 1. The summed E-state index contributed by atoms with van der Waals surface area (Å²) in [4.78, 5) is 31.5. The van der Waals surface area contributed by atoms with Gasteiger partial charge in [0, 0.05) is 48.2 Å². The van der Waals surface area contributed by atoms with E-state index in [1.54, 1.807) is 18.2 Å². The van der Waals surface area contributed by atoms with E-state index in [-0.39, 0.29) is 23.1 Å². The van der Waals surface area contributed by atoms with Gasteiger partial charge in [0.1, 0.15) is 12.2 Å². The van der Waals surface area contributed by atoms with Gasteiger partial charge in [0.25, 0.3) is 11.6 Å². The Morgan fingerprint density at radius 2 is 2.06 bits per heavy atom. The minimum atomic E-state index is -0.708. The van der Waals surface area contributed by atoms with E-state index >= 15 is 0 Å². The number of nitrogens with zero attached hydrogens (tertiary/aromatic N) is 3. The molecule has 9 nitrogen and oxygen atoms in total. The molecule has 4 aliphatic rings. The summed E-state index contributed by atoms with van der Waals surface area (Å²) in [6.45, 7) is 0.928. The van der Waals surface area contributed by atoms with Gasteiger partial charge in [-0.05, 0) is 61.8 Å². The lowest BCUT2D eigenvalue weighted by Crippen LogP contribution is -2.64. The van der Waals surface area contributed by atoms with Gasteiger partial charge < -0.3 is 19.6 Å². The third kappa shape index (κ3) is 3.26. The molecule has 1 N–H and O–H groups in total. The number of nitro groups is 1. The van der Waals surface area contributed by atoms with Crippen molar-refractivity contribution in [2.75, 3.05) is 20.6 Å². The zero-order chi connectivity index (χ0) is 25.2. The van der Waals surface area contributed by atoms with Gasteiger partial charge >= 0.3 is 0 Å². The largest absolute Gasteiger partial charge is 0.482 e. The van der Waals surface area contributed by atoms with Crippen LogP contribution in [0.1, 0.15) is 23.1 Å². The minimum absolute atomic E-state index is 0.0112. The molecule has 0 radical (unpaired) electrons. The molecule has 2 aliphatic carbocycles. The van der Waals surface area contributed by atoms with Crippen molar-refractivity contribution < 1.29 is 24.4 Å². The highest BCUT2D eigenvalue weighted by Crippen LogP contribution is 2.62. The minimum Gasteiger partial charge on any atom is -0.482 e. The number of aliphatic hydroxyl groups excluding tert-OH is 1. The van der Waals surface area contributed by atoms with Crippen LogP contribution in [-0.2, 0) is 16.6 Å². The summed E-state index contributed by atoms with van der Waals surface area (Å²) < 4.78 is 6.44. The second-order valence-corrected chi connectivity index (χ2v) is 10.0. The Bertz CT molecular complexity index is 1310. The van der Waals surface area contributed by atoms with Crippen molar-refractivity contribution in [3.8, 4) is 11.5 Å². The number of carbonyl (C=O) groups excluding carboxylic acids is 1. The molecule has 2 aromatic carbocycles. The maximum Gasteiger partial charge on any atom is 0.278 e. The fourth-order valence-electron chi connectivity index (χ4n) is 6.47. The van der Waals surface area contributed by atoms with Crippen molar-refractivity contribution in [3.63, 3.8) is 0 Å². The summed E-state index contributed by atoms with van der Waals surface area (Å²) in [6, 6.07) is 10.2. The van der Waals surface area contributed by atoms with E-state index < -0.39 is 16.9 Å². The summed E-state index contributed by atoms with van der Waals surface area (Å²) in [7, 11) is 3.69. The number of piperidine rings is 1. The molecular weight excluding hydrogens is 462 g/mol. The SMILES string of the molecule is CN(Oc1ccc2c3c1O[C@H]1[C@@H](O)C=C[C@H]4[C@@H](C2)N(C)CC[C@@]341)C(=O)C=Cc1ccc([N+](=O)[O-])cc1. The lowest BCUT2D eigenvalue weighted by molar-refractivity contribution is -0.384. The molecule has 6 rings (SSSR count). The second kappa shape index (κ2) is 8.18. The fraction of sp³-hybridized carbons (Fsp3) is 0.370. The number of amides is 1. The lowest BCUT2D eigenvalue weighted by atomic mass is 9.53. The molecule has 1 fully saturated rings. The second-order valence-electron chi connectivity index (χ2n) is 10.0. The molecule has 1 amide bonds. The van der Waals surface area contributed by atoms with Crippen molar-refractivity contribution in [1.29, 1.82) is 0 Å². The predicted octanol–water partition coefficient (Wildman–Crippen LogP) is 2.87. The number of aliphatic hydroxyl groups is 1. The van der Waals surface area contributed by atoms with Crippen LogP contribution in [0.3, 0.4) is 0 Å². The highest BCUT2D eigenvalue weighted by atomic mass is 16.7. The standard InChI is InChI=1S/C27H27N3O6/c1-28-14-13-27-19-9-10-21(31)26(27)35-25-22(11-6-17(24(25)27)15-20(19)28)36-29(2)23(32)12-5-16-3-7-18(8-4-16)30(33)34/h3-12,19-21,26,31H,13-15H2,1-2H3/t19-,20+,21-,26-,27-/m0/s1. The zero-order valence-corrected chi connectivity index (χ0v) is 20.0. The molecule has 9 heteroatoms. The van der Waals surface area contributed by atoms with Crippen LogP contribution >= 0.6 is 0 Å². The van der Waals surface area contributed by atoms with Gasteiger partial charge in [-0.15, -0.1) is 0 Å². The third-order valence-electron chi connectivity index (χ3n) is 8.20. The number of hydrogen-bond acceptors (Lipinski definition) is 7. The predicted molar refractivity (Wildman–Crippen MR) is 131 cm³/mol. The number of carbonyl (C=O) groups is 1. The van der Waals surface area contributed by atoms with Gasteiger partial charge in [-0.25, -0.2) is 0 Å². The summed E-state index contributed by atoms with van der Waals surface area (Å²) in [5.74, 6) is 0.913. The molecule has 0 unspecified atom stereocenters. The molecule has 5 atom stereocenters. The van der Waals surface area contributed by atoms with E-state index in [2.05, 4.69) is 24.1 Å². The van der Waals surface area contributed by atoms with Crippen LogP contribution in [0.15, 0.2) is 54.6 Å². The number of hydroxylamine groups is 2. The van der Waals surface area contributed by atoms with Gasteiger partial charge in [-0.1, -0.05) is 18.2 Å². The van der Waals surface area contributed by atoms with E-state index in [0.29, 0.717) is 23.1 Å². The number of likely N-dealkylation sites (N-methyl/N-ethyl adjacent to an activating group) is 2. The van der Waals surface area contributed by atoms with Crippen LogP contribution in [-0.4, -0.2) is 64.8 Å². The van der Waals surface area contributed by atoms with Crippen molar-refractivity contribution >= 4 is 17.7 Å². The van der Waals surface area contributed by atoms with Gasteiger partial charge in [-0.2, -0.15) is 5.06 Å². The molecule has 36 heavy (non-hydrogen) atoms. The Balaban J connectivity index is 1.27. The first-order chi connectivity index (χ1) is 17.3. The zero-order valence-electron chi connectivity index (χ0n) is 20.0. The van der Waals surface area contributed by atoms with Crippen molar-refractivity contribution in [2.24, 2.45) is 5.92 Å². The summed E-state index contributed by atoms with van der Waals surface area (Å²) >= 11 is 0. The number of rotatable bonds is 5. The first-order valence-electron chi connectivity index (χ1n) is 12.1. The monoisotopic (exact) mass is 489 g/mol. The molecule has 186 valence electrons. The fourth-order valence-corrected chi connectivity index (χ4v) is 6.47. The number of non-ortho nitro benzene ring substituents is 1. The first-order valence-corrected chi connectivity index (χ1v) is 12.1. The maximum atomic E-state index is 12.7. The third-order valence-corrected chi connectivity index (χ3v) is 8.20. The van der Waals surface area contributed by atoms with Crippen LogP contribution in [0.4, 0.5) is 5.69 Å². The summed E-state index contributed by atoms with van der Waals surface area (Å²) in [5, 5.41) is 22.8. The van der Waals surface area contributed by atoms with Crippen molar-refractivity contribution in [3.05, 3.63) is 81.4 Å². The molecule has 2 aliphatic heterocycles. The summed E-state index contributed by atoms with van der Waals surface area (Å²) in [5.41, 5.74) is 2.67. The van der Waals surface area contributed by atoms with Crippen molar-refractivity contribution in [2.45, 2.75) is 36.5 Å². The Morgan fingerprint density at radius 1 is 1.28 bits per heavy atom. The molecule has 0 saturated carbocycles. The number of ether oxygens (including phenoxy) is 1. The Hall–Kier alpha value is -3.69. The van der Waals surface area contributed by atoms with E-state index in [9.17, 15) is 20.0 Å². The topological polar surface area (TPSA) is 105 Å². The lowest BCUT2D eigenvalue weighted by Gasteiger charge is -2.56. The number of benzene rings is 2. The smallest absolute Gasteiger partial charge is 0.278 e. The van der Waals surface area contributed by atoms with Crippen LogP contribution in [0.25, 0.3) is 6.08 Å². The molecule has 1 spiro atoms. The molecule has 2 aromatic rings. The Kier molecular flexibility index (Phi) is 5.17. The average molecular weight is 490 g/mol. The molecule has 2 heterocycles. The highest BCUT2D eigenvalue weighted by molar-refractivity contribution is 5.91. The van der Waals surface area contributed by atoms with Crippen LogP contribution in [0, 0.1) is 16.0 Å². The van der Waals surface area contributed by atoms with E-state index in [1.165, 1.54) is 30.8 Å². The van der Waals surface area contributed by atoms with Gasteiger partial charge in [-0.3, -0.25) is 14.9 Å². The summed E-state index contributed by atoms with van der Waals surface area (Å²) in [6.07, 6.45) is 7.63. The molecule has 0 aromatic heterocycles. The Labute approximate surface area is 208 Å². The average Bonchev–Trinajstić information content (AvgIpc) is 3.23. The maximum absolute atomic E-state index is 12.7.